The first-order valence-electron chi connectivity index (χ1n) is 7.12. The fourth-order valence-electron chi connectivity index (χ4n) is 2.12. The average molecular weight is 274 g/mol. The molecule has 0 aliphatic heterocycles. The summed E-state index contributed by atoms with van der Waals surface area (Å²) in [4.78, 5) is 8.47. The molecule has 0 fully saturated rings. The molecule has 1 unspecified atom stereocenters. The second-order valence-electron chi connectivity index (χ2n) is 5.25. The van der Waals surface area contributed by atoms with Gasteiger partial charge in [-0.25, -0.2) is 0 Å². The quantitative estimate of drug-likeness (QED) is 0.839. The van der Waals surface area contributed by atoms with E-state index >= 15 is 0 Å². The van der Waals surface area contributed by atoms with Crippen LogP contribution in [0.25, 0.3) is 0 Å². The van der Waals surface area contributed by atoms with Crippen LogP contribution >= 0.6 is 0 Å². The second kappa shape index (κ2) is 7.14. The number of hydrogen-bond acceptors (Lipinski definition) is 5. The van der Waals surface area contributed by atoms with E-state index in [9.17, 15) is 0 Å². The van der Waals surface area contributed by atoms with Crippen LogP contribution in [0, 0.1) is 5.92 Å². The van der Waals surface area contributed by atoms with Gasteiger partial charge in [0.15, 0.2) is 5.82 Å². The van der Waals surface area contributed by atoms with Crippen molar-refractivity contribution >= 4 is 0 Å². The lowest BCUT2D eigenvalue weighted by Gasteiger charge is -2.19. The van der Waals surface area contributed by atoms with Gasteiger partial charge in [-0.3, -0.25) is 4.98 Å². The van der Waals surface area contributed by atoms with Crippen molar-refractivity contribution in [2.24, 2.45) is 5.92 Å². The molecule has 1 N–H and O–H groups in total. The van der Waals surface area contributed by atoms with Crippen molar-refractivity contribution in [3.63, 3.8) is 0 Å². The maximum absolute atomic E-state index is 5.35. The lowest BCUT2D eigenvalue weighted by atomic mass is 10.0. The van der Waals surface area contributed by atoms with Gasteiger partial charge in [0.25, 0.3) is 0 Å². The van der Waals surface area contributed by atoms with Gasteiger partial charge in [0.2, 0.25) is 5.89 Å². The number of hydrogen-bond donors (Lipinski definition) is 1. The van der Waals surface area contributed by atoms with Gasteiger partial charge < -0.3 is 9.84 Å². The zero-order valence-electron chi connectivity index (χ0n) is 12.3. The second-order valence-corrected chi connectivity index (χ2v) is 5.25. The summed E-state index contributed by atoms with van der Waals surface area (Å²) in [5.41, 5.74) is 1.14. The molecule has 0 amide bonds. The maximum atomic E-state index is 5.35. The van der Waals surface area contributed by atoms with Crippen molar-refractivity contribution < 1.29 is 4.52 Å². The Morgan fingerprint density at radius 1 is 1.25 bits per heavy atom. The minimum Gasteiger partial charge on any atom is -0.339 e. The highest BCUT2D eigenvalue weighted by atomic mass is 16.5. The highest BCUT2D eigenvalue weighted by Gasteiger charge is 2.17. The summed E-state index contributed by atoms with van der Waals surface area (Å²) in [6, 6.07) is 4.30. The molecule has 20 heavy (non-hydrogen) atoms. The molecule has 0 spiro atoms. The van der Waals surface area contributed by atoms with Crippen LogP contribution in [0.3, 0.4) is 0 Å². The Hall–Kier alpha value is -1.75. The summed E-state index contributed by atoms with van der Waals surface area (Å²) in [6.45, 7) is 7.45. The van der Waals surface area contributed by atoms with E-state index in [1.54, 1.807) is 12.4 Å². The number of likely N-dealkylation sites (N-methyl/N-ethyl adjacent to an activating group) is 1. The zero-order valence-corrected chi connectivity index (χ0v) is 12.3. The Bertz CT molecular complexity index is 510. The predicted molar refractivity (Wildman–Crippen MR) is 77.3 cm³/mol. The Balaban J connectivity index is 1.98. The maximum Gasteiger partial charge on any atom is 0.228 e. The van der Waals surface area contributed by atoms with Gasteiger partial charge >= 0.3 is 0 Å². The topological polar surface area (TPSA) is 63.8 Å². The Morgan fingerprint density at radius 3 is 2.65 bits per heavy atom. The smallest absolute Gasteiger partial charge is 0.228 e. The molecule has 5 heteroatoms. The van der Waals surface area contributed by atoms with Gasteiger partial charge in [0, 0.05) is 31.3 Å². The molecular weight excluding hydrogens is 252 g/mol. The molecule has 0 saturated carbocycles. The molecule has 0 aliphatic rings. The summed E-state index contributed by atoms with van der Waals surface area (Å²) >= 11 is 0. The van der Waals surface area contributed by atoms with E-state index in [-0.39, 0.29) is 0 Å². The molecule has 2 heterocycles. The van der Waals surface area contributed by atoms with E-state index in [0.29, 0.717) is 24.3 Å². The molecule has 2 aromatic rings. The van der Waals surface area contributed by atoms with Crippen LogP contribution in [0.5, 0.6) is 0 Å². The highest BCUT2D eigenvalue weighted by molar-refractivity contribution is 5.14. The lowest BCUT2D eigenvalue weighted by Crippen LogP contribution is -2.35. The van der Waals surface area contributed by atoms with Gasteiger partial charge in [-0.2, -0.15) is 4.98 Å². The molecule has 2 aromatic heterocycles. The fraction of sp³-hybridized carbons (Fsp3) is 0.533. The molecule has 108 valence electrons. The lowest BCUT2D eigenvalue weighted by molar-refractivity contribution is 0.327. The van der Waals surface area contributed by atoms with Crippen LogP contribution in [0.15, 0.2) is 29.0 Å². The third-order valence-electron chi connectivity index (χ3n) is 3.29. The van der Waals surface area contributed by atoms with Gasteiger partial charge in [-0.1, -0.05) is 25.9 Å². The fourth-order valence-corrected chi connectivity index (χ4v) is 2.12. The standard InChI is InChI=1S/C15H22N4O/c1-4-17-13(11(2)3)10-15-18-14(19-20-15)9-12-5-7-16-8-6-12/h5-8,11,13,17H,4,9-10H2,1-3H3. The molecule has 0 aromatic carbocycles. The van der Waals surface area contributed by atoms with Crippen LogP contribution < -0.4 is 5.32 Å². The van der Waals surface area contributed by atoms with Crippen molar-refractivity contribution in [3.05, 3.63) is 41.8 Å². The van der Waals surface area contributed by atoms with E-state index in [0.717, 1.165) is 24.4 Å². The Morgan fingerprint density at radius 2 is 2.00 bits per heavy atom. The van der Waals surface area contributed by atoms with E-state index in [1.165, 1.54) is 0 Å². The van der Waals surface area contributed by atoms with E-state index in [1.807, 2.05) is 12.1 Å². The number of nitrogens with zero attached hydrogens (tertiary/aromatic N) is 3. The molecule has 1 atom stereocenters. The van der Waals surface area contributed by atoms with Gasteiger partial charge in [-0.15, -0.1) is 0 Å². The largest absolute Gasteiger partial charge is 0.339 e. The first-order chi connectivity index (χ1) is 9.69. The van der Waals surface area contributed by atoms with Crippen LogP contribution in [0.1, 0.15) is 38.0 Å². The van der Waals surface area contributed by atoms with Crippen molar-refractivity contribution in [3.8, 4) is 0 Å². The van der Waals surface area contributed by atoms with Crippen LogP contribution in [0.4, 0.5) is 0 Å². The molecule has 0 aliphatic carbocycles. The SMILES string of the molecule is CCNC(Cc1nc(Cc2ccncc2)no1)C(C)C. The molecule has 2 rings (SSSR count). The van der Waals surface area contributed by atoms with E-state index in [4.69, 9.17) is 4.52 Å². The van der Waals surface area contributed by atoms with Crippen molar-refractivity contribution in [1.82, 2.24) is 20.4 Å². The summed E-state index contributed by atoms with van der Waals surface area (Å²) in [7, 11) is 0. The third kappa shape index (κ3) is 4.13. The number of pyridine rings is 1. The van der Waals surface area contributed by atoms with E-state index in [2.05, 4.69) is 41.2 Å². The normalized spacial score (nSPS) is 12.8. The van der Waals surface area contributed by atoms with Crippen LogP contribution in [-0.4, -0.2) is 27.7 Å². The van der Waals surface area contributed by atoms with Crippen LogP contribution in [0.2, 0.25) is 0 Å². The Labute approximate surface area is 119 Å². The summed E-state index contributed by atoms with van der Waals surface area (Å²) in [5, 5.41) is 7.50. The minimum absolute atomic E-state index is 0.370. The van der Waals surface area contributed by atoms with Crippen molar-refractivity contribution in [2.75, 3.05) is 6.54 Å². The molecule has 0 bridgehead atoms. The number of rotatable bonds is 7. The minimum atomic E-state index is 0.370. The predicted octanol–water partition coefficient (Wildman–Crippen LogP) is 2.23. The average Bonchev–Trinajstić information content (AvgIpc) is 2.86. The first kappa shape index (κ1) is 14.7. The van der Waals surface area contributed by atoms with Crippen LogP contribution in [-0.2, 0) is 12.8 Å². The Kier molecular flexibility index (Phi) is 5.24. The summed E-state index contributed by atoms with van der Waals surface area (Å²) in [6.07, 6.45) is 5.00. The molecule has 5 nitrogen and oxygen atoms in total. The van der Waals surface area contributed by atoms with Crippen molar-refractivity contribution in [2.45, 2.75) is 39.7 Å². The zero-order chi connectivity index (χ0) is 14.4. The van der Waals surface area contributed by atoms with Crippen molar-refractivity contribution in [1.29, 1.82) is 0 Å². The number of aromatic nitrogens is 3. The highest BCUT2D eigenvalue weighted by Crippen LogP contribution is 2.11. The van der Waals surface area contributed by atoms with Gasteiger partial charge in [0.1, 0.15) is 0 Å². The monoisotopic (exact) mass is 274 g/mol. The third-order valence-corrected chi connectivity index (χ3v) is 3.29. The summed E-state index contributed by atoms with van der Waals surface area (Å²) in [5.74, 6) is 1.96. The summed E-state index contributed by atoms with van der Waals surface area (Å²) < 4.78 is 5.35. The van der Waals surface area contributed by atoms with Gasteiger partial charge in [-0.05, 0) is 30.2 Å². The van der Waals surface area contributed by atoms with E-state index < -0.39 is 0 Å². The first-order valence-corrected chi connectivity index (χ1v) is 7.12. The molecule has 0 radical (unpaired) electrons. The molecule has 0 saturated heterocycles. The number of nitrogens with one attached hydrogen (secondary N) is 1. The molecular formula is C15H22N4O. The van der Waals surface area contributed by atoms with Gasteiger partial charge in [0.05, 0.1) is 0 Å².